The molecular weight excluding hydrogens is 520 g/mol. The van der Waals surface area contributed by atoms with Crippen LogP contribution >= 0.6 is 0 Å². The van der Waals surface area contributed by atoms with Gasteiger partial charge >= 0.3 is 0 Å². The second-order valence-corrected chi connectivity index (χ2v) is 11.2. The molecule has 2 fully saturated rings. The summed E-state index contributed by atoms with van der Waals surface area (Å²) in [6.45, 7) is 5.38. The Balaban J connectivity index is 1.17. The van der Waals surface area contributed by atoms with Gasteiger partial charge in [-0.15, -0.1) is 0 Å². The molecule has 0 bridgehead atoms. The molecule has 0 amide bonds. The van der Waals surface area contributed by atoms with Gasteiger partial charge in [-0.25, -0.2) is 9.97 Å². The Kier molecular flexibility index (Phi) is 6.32. The van der Waals surface area contributed by atoms with E-state index in [-0.39, 0.29) is 24.2 Å². The molecule has 1 saturated carbocycles. The predicted octanol–water partition coefficient (Wildman–Crippen LogP) is 5.19. The summed E-state index contributed by atoms with van der Waals surface area (Å²) in [5.74, 6) is 1.91. The standard InChI is InChI=1S/C31H34N6O4/c1-31(2)40-27-21(17-36-11-8-19-7-10-32-16-25(19)36)13-24(28(27)41-31)37-12-9-23-29(34-18-35-30(23)37)33-15-20-5-6-22(38-3)14-26(20)39-4/h5-12,14,16,18,21,24,27-28H,13,15,17H2,1-4H3,(H,33,34,35)/t21-,24-,27-,28+/m1/s1. The van der Waals surface area contributed by atoms with Gasteiger partial charge in [0.1, 0.15) is 35.4 Å². The molecule has 10 nitrogen and oxygen atoms in total. The van der Waals surface area contributed by atoms with Gasteiger partial charge in [0.15, 0.2) is 5.79 Å². The predicted molar refractivity (Wildman–Crippen MR) is 155 cm³/mol. The van der Waals surface area contributed by atoms with E-state index in [9.17, 15) is 0 Å². The Hall–Kier alpha value is -4.15. The number of aromatic nitrogens is 5. The van der Waals surface area contributed by atoms with Crippen molar-refractivity contribution >= 4 is 27.8 Å². The van der Waals surface area contributed by atoms with Crippen molar-refractivity contribution in [3.05, 3.63) is 73.1 Å². The van der Waals surface area contributed by atoms with Crippen molar-refractivity contribution in [2.24, 2.45) is 5.92 Å². The van der Waals surface area contributed by atoms with Crippen LogP contribution in [-0.4, -0.2) is 56.3 Å². The van der Waals surface area contributed by atoms with E-state index in [4.69, 9.17) is 23.9 Å². The summed E-state index contributed by atoms with van der Waals surface area (Å²) < 4.78 is 28.5. The number of anilines is 1. The van der Waals surface area contributed by atoms with Crippen molar-refractivity contribution in [1.82, 2.24) is 24.1 Å². The quantitative estimate of drug-likeness (QED) is 0.280. The number of hydrogen-bond acceptors (Lipinski definition) is 8. The Morgan fingerprint density at radius 2 is 1.90 bits per heavy atom. The van der Waals surface area contributed by atoms with E-state index in [1.165, 1.54) is 5.39 Å². The molecule has 1 aliphatic heterocycles. The maximum absolute atomic E-state index is 6.53. The second kappa shape index (κ2) is 10.0. The Morgan fingerprint density at radius 3 is 2.76 bits per heavy atom. The molecule has 41 heavy (non-hydrogen) atoms. The number of methoxy groups -OCH3 is 2. The van der Waals surface area contributed by atoms with Crippen LogP contribution in [0.5, 0.6) is 11.5 Å². The van der Waals surface area contributed by atoms with Gasteiger partial charge in [-0.3, -0.25) is 4.98 Å². The van der Waals surface area contributed by atoms with E-state index in [0.717, 1.165) is 52.4 Å². The van der Waals surface area contributed by atoms with Gasteiger partial charge in [0, 0.05) is 54.6 Å². The lowest BCUT2D eigenvalue weighted by molar-refractivity contribution is -0.160. The summed E-state index contributed by atoms with van der Waals surface area (Å²) >= 11 is 0. The summed E-state index contributed by atoms with van der Waals surface area (Å²) in [4.78, 5) is 13.6. The third-order valence-electron chi connectivity index (χ3n) is 8.37. The van der Waals surface area contributed by atoms with Crippen molar-refractivity contribution in [2.45, 2.75) is 57.4 Å². The molecule has 0 spiro atoms. The minimum absolute atomic E-state index is 0.0245. The highest BCUT2D eigenvalue weighted by Gasteiger charge is 2.54. The van der Waals surface area contributed by atoms with Crippen LogP contribution in [-0.2, 0) is 22.6 Å². The number of ether oxygens (including phenoxy) is 4. The molecule has 1 aromatic carbocycles. The first-order valence-corrected chi connectivity index (χ1v) is 13.9. The fraction of sp³-hybridized carbons (Fsp3) is 0.387. The highest BCUT2D eigenvalue weighted by Crippen LogP contribution is 2.48. The molecule has 1 aliphatic carbocycles. The largest absolute Gasteiger partial charge is 0.497 e. The maximum atomic E-state index is 6.53. The van der Waals surface area contributed by atoms with Gasteiger partial charge in [0.25, 0.3) is 0 Å². The monoisotopic (exact) mass is 554 g/mol. The Labute approximate surface area is 238 Å². The van der Waals surface area contributed by atoms with E-state index in [1.54, 1.807) is 20.5 Å². The topological polar surface area (TPSA) is 97.5 Å². The highest BCUT2D eigenvalue weighted by molar-refractivity contribution is 5.87. The molecular formula is C31H34N6O4. The van der Waals surface area contributed by atoms with Gasteiger partial charge in [-0.05, 0) is 50.6 Å². The van der Waals surface area contributed by atoms with Crippen LogP contribution in [0, 0.1) is 5.92 Å². The minimum atomic E-state index is -0.644. The Bertz CT molecular complexity index is 1710. The molecule has 1 saturated heterocycles. The van der Waals surface area contributed by atoms with Gasteiger partial charge in [0.2, 0.25) is 0 Å². The van der Waals surface area contributed by atoms with Crippen molar-refractivity contribution < 1.29 is 18.9 Å². The maximum Gasteiger partial charge on any atom is 0.163 e. The van der Waals surface area contributed by atoms with E-state index in [2.05, 4.69) is 48.9 Å². The van der Waals surface area contributed by atoms with Gasteiger partial charge < -0.3 is 33.4 Å². The smallest absolute Gasteiger partial charge is 0.163 e. The molecule has 5 aromatic rings. The SMILES string of the molecule is COc1ccc(CNc2ncnc3c2ccn3[C@@H]2C[C@H](Cn3ccc4ccncc43)[C@H]3OC(C)(C)O[C@H]32)c(OC)c1. The van der Waals surface area contributed by atoms with Crippen LogP contribution in [0.25, 0.3) is 21.9 Å². The molecule has 5 heterocycles. The number of pyridine rings is 1. The zero-order valence-corrected chi connectivity index (χ0v) is 23.7. The molecule has 1 N–H and O–H groups in total. The normalized spacial score (nSPS) is 23.2. The number of hydrogen-bond donors (Lipinski definition) is 1. The van der Waals surface area contributed by atoms with Gasteiger partial charge in [0.05, 0.1) is 43.5 Å². The van der Waals surface area contributed by atoms with E-state index < -0.39 is 5.79 Å². The molecule has 4 atom stereocenters. The summed E-state index contributed by atoms with van der Waals surface area (Å²) in [5, 5.41) is 5.63. The first-order valence-electron chi connectivity index (χ1n) is 13.9. The van der Waals surface area contributed by atoms with Crippen molar-refractivity contribution in [3.8, 4) is 11.5 Å². The lowest BCUT2D eigenvalue weighted by Gasteiger charge is -2.25. The van der Waals surface area contributed by atoms with Crippen molar-refractivity contribution in [3.63, 3.8) is 0 Å². The lowest BCUT2D eigenvalue weighted by atomic mass is 10.1. The van der Waals surface area contributed by atoms with Crippen LogP contribution in [0.2, 0.25) is 0 Å². The minimum Gasteiger partial charge on any atom is -0.497 e. The first-order chi connectivity index (χ1) is 19.9. The molecule has 7 rings (SSSR count). The fourth-order valence-electron chi connectivity index (χ4n) is 6.50. The second-order valence-electron chi connectivity index (χ2n) is 11.2. The fourth-order valence-corrected chi connectivity index (χ4v) is 6.50. The summed E-state index contributed by atoms with van der Waals surface area (Å²) in [7, 11) is 3.31. The van der Waals surface area contributed by atoms with Crippen LogP contribution < -0.4 is 14.8 Å². The molecule has 0 unspecified atom stereocenters. The van der Waals surface area contributed by atoms with Gasteiger partial charge in [-0.1, -0.05) is 0 Å². The molecule has 10 heteroatoms. The summed E-state index contributed by atoms with van der Waals surface area (Å²) in [6, 6.07) is 12.2. The van der Waals surface area contributed by atoms with Crippen LogP contribution in [0.1, 0.15) is 31.9 Å². The summed E-state index contributed by atoms with van der Waals surface area (Å²) in [6.07, 6.45) is 10.4. The third-order valence-corrected chi connectivity index (χ3v) is 8.37. The number of nitrogens with zero attached hydrogens (tertiary/aromatic N) is 5. The average Bonchev–Trinajstić information content (AvgIpc) is 3.74. The van der Waals surface area contributed by atoms with Crippen LogP contribution in [0.3, 0.4) is 0 Å². The van der Waals surface area contributed by atoms with Crippen LogP contribution in [0.15, 0.2) is 67.5 Å². The van der Waals surface area contributed by atoms with E-state index in [1.807, 2.05) is 50.5 Å². The number of fused-ring (bicyclic) bond motifs is 3. The van der Waals surface area contributed by atoms with Crippen molar-refractivity contribution in [2.75, 3.05) is 19.5 Å². The molecule has 2 aliphatic rings. The van der Waals surface area contributed by atoms with Gasteiger partial charge in [-0.2, -0.15) is 0 Å². The Morgan fingerprint density at radius 1 is 1.02 bits per heavy atom. The van der Waals surface area contributed by atoms with Crippen LogP contribution in [0.4, 0.5) is 5.82 Å². The molecule has 4 aromatic heterocycles. The zero-order chi connectivity index (χ0) is 28.1. The van der Waals surface area contributed by atoms with Crippen molar-refractivity contribution in [1.29, 1.82) is 0 Å². The number of benzene rings is 1. The zero-order valence-electron chi connectivity index (χ0n) is 23.7. The van der Waals surface area contributed by atoms with E-state index in [0.29, 0.717) is 6.54 Å². The van der Waals surface area contributed by atoms with E-state index >= 15 is 0 Å². The summed E-state index contributed by atoms with van der Waals surface area (Å²) in [5.41, 5.74) is 3.01. The molecule has 0 radical (unpaired) electrons. The third kappa shape index (κ3) is 4.57. The molecule has 212 valence electrons. The first kappa shape index (κ1) is 25.8. The number of nitrogens with one attached hydrogen (secondary N) is 1. The number of rotatable bonds is 8. The average molecular weight is 555 g/mol. The highest BCUT2D eigenvalue weighted by atomic mass is 16.8. The lowest BCUT2D eigenvalue weighted by Crippen LogP contribution is -2.28.